The molecule has 1 aliphatic heterocycles. The highest BCUT2D eigenvalue weighted by atomic mass is 16.5. The van der Waals surface area contributed by atoms with E-state index in [1.54, 1.807) is 0 Å². The van der Waals surface area contributed by atoms with Crippen molar-refractivity contribution in [3.05, 3.63) is 0 Å². The number of hydrogen-bond acceptors (Lipinski definition) is 4. The summed E-state index contributed by atoms with van der Waals surface area (Å²) in [7, 11) is 0. The lowest BCUT2D eigenvalue weighted by Gasteiger charge is -2.16. The van der Waals surface area contributed by atoms with Crippen LogP contribution in [-0.4, -0.2) is 42.3 Å². The van der Waals surface area contributed by atoms with Crippen LogP contribution in [0.25, 0.3) is 0 Å². The summed E-state index contributed by atoms with van der Waals surface area (Å²) in [4.78, 5) is 22.4. The van der Waals surface area contributed by atoms with Crippen LogP contribution in [0.4, 0.5) is 0 Å². The molecular weight excluding hydrogens is 236 g/mol. The Morgan fingerprint density at radius 1 is 1.50 bits per heavy atom. The van der Waals surface area contributed by atoms with E-state index in [2.05, 4.69) is 5.32 Å². The summed E-state index contributed by atoms with van der Waals surface area (Å²) in [6, 6.07) is 0. The number of carbonyl (C=O) groups is 2. The molecule has 104 valence electrons. The highest BCUT2D eigenvalue weighted by Crippen LogP contribution is 2.19. The Hall–Kier alpha value is -1.14. The largest absolute Gasteiger partial charge is 0.481 e. The van der Waals surface area contributed by atoms with Crippen molar-refractivity contribution >= 4 is 11.9 Å². The Balaban J connectivity index is 2.29. The highest BCUT2D eigenvalue weighted by molar-refractivity contribution is 5.81. The maximum Gasteiger partial charge on any atom is 0.303 e. The minimum atomic E-state index is -0.837. The third-order valence-corrected chi connectivity index (χ3v) is 3.27. The number of ether oxygens (including phenoxy) is 1. The molecule has 0 bridgehead atoms. The van der Waals surface area contributed by atoms with E-state index in [0.717, 1.165) is 12.8 Å². The number of nitrogens with one attached hydrogen (secondary N) is 1. The topological polar surface area (TPSA) is 102 Å². The third-order valence-electron chi connectivity index (χ3n) is 3.27. The van der Waals surface area contributed by atoms with Crippen LogP contribution in [0.1, 0.15) is 32.6 Å². The molecule has 1 amide bonds. The van der Waals surface area contributed by atoms with E-state index in [0.29, 0.717) is 19.5 Å². The molecule has 0 aromatic carbocycles. The second-order valence-corrected chi connectivity index (χ2v) is 4.68. The van der Waals surface area contributed by atoms with E-state index in [-0.39, 0.29) is 24.3 Å². The van der Waals surface area contributed by atoms with Crippen molar-refractivity contribution in [2.24, 2.45) is 11.7 Å². The van der Waals surface area contributed by atoms with Crippen LogP contribution in [0.15, 0.2) is 0 Å². The minimum Gasteiger partial charge on any atom is -0.481 e. The van der Waals surface area contributed by atoms with Gasteiger partial charge in [-0.2, -0.15) is 0 Å². The molecule has 0 spiro atoms. The van der Waals surface area contributed by atoms with Gasteiger partial charge in [-0.25, -0.2) is 0 Å². The van der Waals surface area contributed by atoms with Crippen LogP contribution >= 0.6 is 0 Å². The van der Waals surface area contributed by atoms with E-state index in [1.165, 1.54) is 0 Å². The molecule has 6 heteroatoms. The SMILES string of the molecule is CCC(CNC(=O)C1CCC(CN)O1)CC(=O)O. The van der Waals surface area contributed by atoms with E-state index >= 15 is 0 Å². The van der Waals surface area contributed by atoms with Crippen LogP contribution in [0.3, 0.4) is 0 Å². The fraction of sp³-hybridized carbons (Fsp3) is 0.833. The zero-order valence-electron chi connectivity index (χ0n) is 10.7. The van der Waals surface area contributed by atoms with Gasteiger partial charge in [0.15, 0.2) is 0 Å². The fourth-order valence-electron chi connectivity index (χ4n) is 2.04. The Labute approximate surface area is 107 Å². The second-order valence-electron chi connectivity index (χ2n) is 4.68. The standard InChI is InChI=1S/C12H22N2O4/c1-2-8(5-11(15)16)7-14-12(17)10-4-3-9(6-13)18-10/h8-10H,2-7,13H2,1H3,(H,14,17)(H,15,16). The quantitative estimate of drug-likeness (QED) is 0.601. The van der Waals surface area contributed by atoms with Crippen LogP contribution in [0.2, 0.25) is 0 Å². The van der Waals surface area contributed by atoms with E-state index in [4.69, 9.17) is 15.6 Å². The van der Waals surface area contributed by atoms with Crippen molar-refractivity contribution in [2.75, 3.05) is 13.1 Å². The maximum atomic E-state index is 11.8. The molecule has 1 fully saturated rings. The summed E-state index contributed by atoms with van der Waals surface area (Å²) < 4.78 is 5.47. The first-order valence-corrected chi connectivity index (χ1v) is 6.41. The summed E-state index contributed by atoms with van der Waals surface area (Å²) >= 11 is 0. The number of nitrogens with two attached hydrogens (primary N) is 1. The molecule has 0 aliphatic carbocycles. The van der Waals surface area contributed by atoms with Gasteiger partial charge in [-0.3, -0.25) is 9.59 Å². The van der Waals surface area contributed by atoms with E-state index in [1.807, 2.05) is 6.92 Å². The van der Waals surface area contributed by atoms with Crippen molar-refractivity contribution in [3.63, 3.8) is 0 Å². The van der Waals surface area contributed by atoms with Gasteiger partial charge in [0.1, 0.15) is 6.10 Å². The van der Waals surface area contributed by atoms with Gasteiger partial charge in [0.25, 0.3) is 0 Å². The monoisotopic (exact) mass is 258 g/mol. The van der Waals surface area contributed by atoms with E-state index in [9.17, 15) is 9.59 Å². The fourth-order valence-corrected chi connectivity index (χ4v) is 2.04. The predicted octanol–water partition coefficient (Wildman–Crippen LogP) is 0.110. The molecule has 4 N–H and O–H groups in total. The lowest BCUT2D eigenvalue weighted by atomic mass is 10.0. The predicted molar refractivity (Wildman–Crippen MR) is 66.0 cm³/mol. The maximum absolute atomic E-state index is 11.8. The van der Waals surface area contributed by atoms with Crippen LogP contribution in [0.5, 0.6) is 0 Å². The Morgan fingerprint density at radius 3 is 2.72 bits per heavy atom. The number of aliphatic carboxylic acids is 1. The van der Waals surface area contributed by atoms with Crippen LogP contribution < -0.4 is 11.1 Å². The smallest absolute Gasteiger partial charge is 0.303 e. The van der Waals surface area contributed by atoms with Gasteiger partial charge in [0.05, 0.1) is 6.10 Å². The number of hydrogen-bond donors (Lipinski definition) is 3. The van der Waals surface area contributed by atoms with Crippen molar-refractivity contribution in [1.29, 1.82) is 0 Å². The number of carboxylic acids is 1. The van der Waals surface area contributed by atoms with E-state index < -0.39 is 12.1 Å². The summed E-state index contributed by atoms with van der Waals surface area (Å²) in [5.74, 6) is -1.02. The average molecular weight is 258 g/mol. The first kappa shape index (κ1) is 14.9. The number of carboxylic acid groups (broad SMARTS) is 1. The molecular formula is C12H22N2O4. The van der Waals surface area contributed by atoms with Crippen molar-refractivity contribution < 1.29 is 19.4 Å². The molecule has 1 rings (SSSR count). The molecule has 0 aromatic rings. The molecule has 3 unspecified atom stereocenters. The van der Waals surface area contributed by atoms with Crippen LogP contribution in [-0.2, 0) is 14.3 Å². The average Bonchev–Trinajstić information content (AvgIpc) is 2.82. The van der Waals surface area contributed by atoms with Gasteiger partial charge in [0.2, 0.25) is 5.91 Å². The Kier molecular flexibility index (Phi) is 6.07. The molecule has 6 nitrogen and oxygen atoms in total. The first-order valence-electron chi connectivity index (χ1n) is 6.41. The molecule has 0 radical (unpaired) electrons. The number of amides is 1. The van der Waals surface area contributed by atoms with Gasteiger partial charge >= 0.3 is 5.97 Å². The number of rotatable bonds is 7. The summed E-state index contributed by atoms with van der Waals surface area (Å²) in [6.45, 7) is 2.73. The third kappa shape index (κ3) is 4.62. The van der Waals surface area contributed by atoms with Gasteiger partial charge in [0, 0.05) is 19.5 Å². The van der Waals surface area contributed by atoms with Crippen LogP contribution in [0, 0.1) is 5.92 Å². The number of carbonyl (C=O) groups excluding carboxylic acids is 1. The molecule has 0 aromatic heterocycles. The van der Waals surface area contributed by atoms with Crippen molar-refractivity contribution in [3.8, 4) is 0 Å². The summed E-state index contributed by atoms with van der Waals surface area (Å²) in [6.07, 6.45) is 1.84. The van der Waals surface area contributed by atoms with Gasteiger partial charge < -0.3 is 20.9 Å². The lowest BCUT2D eigenvalue weighted by Crippen LogP contribution is -2.38. The molecule has 1 heterocycles. The molecule has 18 heavy (non-hydrogen) atoms. The van der Waals surface area contributed by atoms with Gasteiger partial charge in [-0.15, -0.1) is 0 Å². The van der Waals surface area contributed by atoms with Gasteiger partial charge in [-0.05, 0) is 18.8 Å². The molecule has 1 aliphatic rings. The highest BCUT2D eigenvalue weighted by Gasteiger charge is 2.29. The zero-order chi connectivity index (χ0) is 13.5. The normalized spacial score (nSPS) is 24.8. The molecule has 0 saturated carbocycles. The summed E-state index contributed by atoms with van der Waals surface area (Å²) in [5.41, 5.74) is 5.47. The molecule has 1 saturated heterocycles. The Morgan fingerprint density at radius 2 is 2.22 bits per heavy atom. The zero-order valence-corrected chi connectivity index (χ0v) is 10.7. The van der Waals surface area contributed by atoms with Gasteiger partial charge in [-0.1, -0.05) is 13.3 Å². The minimum absolute atomic E-state index is 0.0262. The first-order chi connectivity index (χ1) is 8.56. The van der Waals surface area contributed by atoms with Crippen molar-refractivity contribution in [1.82, 2.24) is 5.32 Å². The summed E-state index contributed by atoms with van der Waals surface area (Å²) in [5, 5.41) is 11.5. The second kappa shape index (κ2) is 7.33. The Bertz CT molecular complexity index is 296. The lowest BCUT2D eigenvalue weighted by molar-refractivity contribution is -0.138. The molecule has 3 atom stereocenters. The van der Waals surface area contributed by atoms with Crippen molar-refractivity contribution in [2.45, 2.75) is 44.8 Å².